The van der Waals surface area contributed by atoms with E-state index in [1.165, 1.54) is 12.1 Å². The Morgan fingerprint density at radius 1 is 1.12 bits per heavy atom. The van der Waals surface area contributed by atoms with Crippen molar-refractivity contribution in [1.29, 1.82) is 0 Å². The van der Waals surface area contributed by atoms with E-state index in [4.69, 9.17) is 9.47 Å². The first kappa shape index (κ1) is 23.7. The third-order valence-corrected chi connectivity index (χ3v) is 6.52. The van der Waals surface area contributed by atoms with Crippen LogP contribution in [0.5, 0.6) is 5.88 Å². The number of halogens is 1. The lowest BCUT2D eigenvalue weighted by molar-refractivity contribution is -0.0680. The minimum absolute atomic E-state index is 0.00330. The van der Waals surface area contributed by atoms with Gasteiger partial charge in [0.25, 0.3) is 0 Å². The number of amides is 1. The molecule has 0 spiro atoms. The van der Waals surface area contributed by atoms with Crippen LogP contribution in [0.4, 0.5) is 9.18 Å². The molecule has 1 fully saturated rings. The Bertz CT molecular complexity index is 1100. The molecule has 0 aliphatic carbocycles. The summed E-state index contributed by atoms with van der Waals surface area (Å²) in [7, 11) is 1.58. The lowest BCUT2D eigenvalue weighted by atomic mass is 9.84. The minimum atomic E-state index is -0.866. The zero-order valence-electron chi connectivity index (χ0n) is 19.4. The van der Waals surface area contributed by atoms with E-state index in [9.17, 15) is 14.3 Å². The molecular weight excluding hydrogens is 435 g/mol. The Hall–Kier alpha value is -3.45. The zero-order valence-corrected chi connectivity index (χ0v) is 19.4. The SMILES string of the molecule is COc1ccc(-c2ccc([C@H](C)N3CC[C@](CCCO)(c4ccc(F)cc4)OC3=O)cc2)cn1. The number of aliphatic hydroxyl groups is 1. The molecule has 6 nitrogen and oxygen atoms in total. The van der Waals surface area contributed by atoms with Gasteiger partial charge in [-0.25, -0.2) is 14.2 Å². The molecule has 0 saturated carbocycles. The van der Waals surface area contributed by atoms with Crippen LogP contribution in [0.25, 0.3) is 11.1 Å². The van der Waals surface area contributed by atoms with Crippen LogP contribution in [-0.4, -0.2) is 41.3 Å². The summed E-state index contributed by atoms with van der Waals surface area (Å²) in [6.45, 7) is 2.47. The third kappa shape index (κ3) is 4.89. The van der Waals surface area contributed by atoms with E-state index in [-0.39, 0.29) is 18.5 Å². The van der Waals surface area contributed by atoms with Crippen molar-refractivity contribution < 1.29 is 23.8 Å². The van der Waals surface area contributed by atoms with E-state index in [0.717, 1.165) is 22.3 Å². The molecule has 2 heterocycles. The highest BCUT2D eigenvalue weighted by molar-refractivity contribution is 5.70. The summed E-state index contributed by atoms with van der Waals surface area (Å²) in [6, 6.07) is 17.7. The van der Waals surface area contributed by atoms with Gasteiger partial charge >= 0.3 is 6.09 Å². The van der Waals surface area contributed by atoms with Gasteiger partial charge in [0.2, 0.25) is 5.88 Å². The molecule has 1 N–H and O–H groups in total. The predicted octanol–water partition coefficient (Wildman–Crippen LogP) is 5.47. The van der Waals surface area contributed by atoms with Gasteiger partial charge in [-0.1, -0.05) is 36.4 Å². The lowest BCUT2D eigenvalue weighted by Gasteiger charge is -2.43. The van der Waals surface area contributed by atoms with Crippen molar-refractivity contribution in [3.8, 4) is 17.0 Å². The molecule has 1 aliphatic rings. The fourth-order valence-corrected chi connectivity index (χ4v) is 4.47. The van der Waals surface area contributed by atoms with Crippen molar-refractivity contribution >= 4 is 6.09 Å². The molecule has 178 valence electrons. The van der Waals surface area contributed by atoms with Gasteiger partial charge in [0.15, 0.2) is 0 Å². The predicted molar refractivity (Wildman–Crippen MR) is 127 cm³/mol. The van der Waals surface area contributed by atoms with Crippen molar-refractivity contribution in [3.63, 3.8) is 0 Å². The van der Waals surface area contributed by atoms with E-state index in [1.54, 1.807) is 30.3 Å². The third-order valence-electron chi connectivity index (χ3n) is 6.52. The van der Waals surface area contributed by atoms with Gasteiger partial charge in [-0.3, -0.25) is 0 Å². The molecule has 0 unspecified atom stereocenters. The summed E-state index contributed by atoms with van der Waals surface area (Å²) in [5.41, 5.74) is 2.87. The summed E-state index contributed by atoms with van der Waals surface area (Å²) in [5, 5.41) is 9.37. The van der Waals surface area contributed by atoms with Crippen molar-refractivity contribution in [2.75, 3.05) is 20.3 Å². The van der Waals surface area contributed by atoms with Crippen LogP contribution in [0.15, 0.2) is 66.9 Å². The van der Waals surface area contributed by atoms with Gasteiger partial charge in [0, 0.05) is 37.4 Å². The number of methoxy groups -OCH3 is 1. The van der Waals surface area contributed by atoms with Crippen LogP contribution in [0.2, 0.25) is 0 Å². The lowest BCUT2D eigenvalue weighted by Crippen LogP contribution is -2.48. The maximum absolute atomic E-state index is 13.5. The molecule has 34 heavy (non-hydrogen) atoms. The summed E-state index contributed by atoms with van der Waals surface area (Å²) in [5.74, 6) is 0.223. The Morgan fingerprint density at radius 2 is 1.82 bits per heavy atom. The van der Waals surface area contributed by atoms with Crippen LogP contribution in [0.1, 0.15) is 43.4 Å². The van der Waals surface area contributed by atoms with Crippen molar-refractivity contribution in [2.24, 2.45) is 0 Å². The van der Waals surface area contributed by atoms with Crippen molar-refractivity contribution in [3.05, 3.63) is 83.8 Å². The maximum atomic E-state index is 13.5. The van der Waals surface area contributed by atoms with E-state index in [2.05, 4.69) is 4.98 Å². The fourth-order valence-electron chi connectivity index (χ4n) is 4.47. The second-order valence-corrected chi connectivity index (χ2v) is 8.53. The number of hydrogen-bond acceptors (Lipinski definition) is 5. The summed E-state index contributed by atoms with van der Waals surface area (Å²) in [4.78, 5) is 19.1. The Labute approximate surface area is 199 Å². The molecule has 0 bridgehead atoms. The monoisotopic (exact) mass is 464 g/mol. The number of aliphatic hydroxyl groups excluding tert-OH is 1. The van der Waals surface area contributed by atoms with Gasteiger partial charge in [-0.2, -0.15) is 0 Å². The van der Waals surface area contributed by atoms with Crippen molar-refractivity contribution in [1.82, 2.24) is 9.88 Å². The highest BCUT2D eigenvalue weighted by Gasteiger charge is 2.43. The quantitative estimate of drug-likeness (QED) is 0.479. The van der Waals surface area contributed by atoms with Gasteiger partial charge in [-0.05, 0) is 54.7 Å². The molecular formula is C27H29FN2O4. The second kappa shape index (κ2) is 10.2. The molecule has 7 heteroatoms. The van der Waals surface area contributed by atoms with Gasteiger partial charge in [-0.15, -0.1) is 0 Å². The number of pyridine rings is 1. The molecule has 4 rings (SSSR count). The maximum Gasteiger partial charge on any atom is 0.411 e. The molecule has 1 amide bonds. The fraction of sp³-hybridized carbons (Fsp3) is 0.333. The van der Waals surface area contributed by atoms with Gasteiger partial charge < -0.3 is 19.5 Å². The van der Waals surface area contributed by atoms with Gasteiger partial charge in [0.1, 0.15) is 11.4 Å². The number of carbonyl (C=O) groups excluding carboxylic acids is 1. The number of carbonyl (C=O) groups is 1. The minimum Gasteiger partial charge on any atom is -0.481 e. The second-order valence-electron chi connectivity index (χ2n) is 8.53. The molecule has 1 saturated heterocycles. The van der Waals surface area contributed by atoms with Crippen LogP contribution in [0, 0.1) is 5.82 Å². The van der Waals surface area contributed by atoms with Crippen LogP contribution in [0.3, 0.4) is 0 Å². The number of benzene rings is 2. The number of rotatable bonds is 8. The Morgan fingerprint density at radius 3 is 2.41 bits per heavy atom. The summed E-state index contributed by atoms with van der Waals surface area (Å²) in [6.07, 6.45) is 2.88. The average molecular weight is 465 g/mol. The first-order valence-electron chi connectivity index (χ1n) is 11.4. The highest BCUT2D eigenvalue weighted by Crippen LogP contribution is 2.40. The normalized spacial score (nSPS) is 18.9. The highest BCUT2D eigenvalue weighted by atomic mass is 19.1. The van der Waals surface area contributed by atoms with E-state index < -0.39 is 11.7 Å². The summed E-state index contributed by atoms with van der Waals surface area (Å²) < 4.78 is 24.6. The number of aromatic nitrogens is 1. The number of ether oxygens (including phenoxy) is 2. The number of hydrogen-bond donors (Lipinski definition) is 1. The Balaban J connectivity index is 1.49. The zero-order chi connectivity index (χ0) is 24.1. The standard InChI is InChI=1S/C27H29FN2O4/c1-19(20-4-6-21(7-5-20)22-8-13-25(33-2)29-18-22)30-16-15-27(14-3-17-31,34-26(30)32)23-9-11-24(28)12-10-23/h4-13,18-19,31H,3,14-17H2,1-2H3/t19-,27+/m0/s1. The molecule has 2 aromatic carbocycles. The molecule has 0 radical (unpaired) electrons. The van der Waals surface area contributed by atoms with Crippen LogP contribution >= 0.6 is 0 Å². The smallest absolute Gasteiger partial charge is 0.411 e. The molecule has 2 atom stereocenters. The van der Waals surface area contributed by atoms with Crippen LogP contribution < -0.4 is 4.74 Å². The first-order chi connectivity index (χ1) is 16.5. The Kier molecular flexibility index (Phi) is 7.12. The number of cyclic esters (lactones) is 1. The van der Waals surface area contributed by atoms with E-state index in [0.29, 0.717) is 31.7 Å². The van der Waals surface area contributed by atoms with Crippen LogP contribution in [-0.2, 0) is 10.3 Å². The average Bonchev–Trinajstić information content (AvgIpc) is 2.88. The topological polar surface area (TPSA) is 71.9 Å². The van der Waals surface area contributed by atoms with E-state index in [1.807, 2.05) is 43.3 Å². The van der Waals surface area contributed by atoms with Crippen molar-refractivity contribution in [2.45, 2.75) is 37.8 Å². The molecule has 3 aromatic rings. The number of nitrogens with zero attached hydrogens (tertiary/aromatic N) is 2. The summed E-state index contributed by atoms with van der Waals surface area (Å²) >= 11 is 0. The van der Waals surface area contributed by atoms with Gasteiger partial charge in [0.05, 0.1) is 13.2 Å². The largest absolute Gasteiger partial charge is 0.481 e. The molecule has 1 aliphatic heterocycles. The van der Waals surface area contributed by atoms with E-state index >= 15 is 0 Å². The molecule has 1 aromatic heterocycles. The first-order valence-corrected chi connectivity index (χ1v) is 11.4.